The molecule has 1 aromatic carbocycles. The highest BCUT2D eigenvalue weighted by molar-refractivity contribution is 5.91. The van der Waals surface area contributed by atoms with E-state index < -0.39 is 5.97 Å². The van der Waals surface area contributed by atoms with Gasteiger partial charge in [-0.1, -0.05) is 0 Å². The molecular formula is C10H10N2O2. The highest BCUT2D eigenvalue weighted by Crippen LogP contribution is 2.12. The third kappa shape index (κ3) is 2.23. The average Bonchev–Trinajstić information content (AvgIpc) is 2.17. The number of hydrogen-bond acceptors (Lipinski definition) is 4. The van der Waals surface area contributed by atoms with Crippen molar-refractivity contribution in [3.8, 4) is 6.07 Å². The Hall–Kier alpha value is -2.02. The number of carbonyl (C=O) groups is 1. The van der Waals surface area contributed by atoms with Gasteiger partial charge in [-0.3, -0.25) is 0 Å². The normalized spacial score (nSPS) is 9.14. The summed E-state index contributed by atoms with van der Waals surface area (Å²) in [5, 5.41) is 8.64. The van der Waals surface area contributed by atoms with Crippen molar-refractivity contribution in [3.63, 3.8) is 0 Å². The summed E-state index contributed by atoms with van der Waals surface area (Å²) in [5.41, 5.74) is 6.56. The van der Waals surface area contributed by atoms with Gasteiger partial charge in [0.1, 0.15) is 0 Å². The van der Waals surface area contributed by atoms with Gasteiger partial charge in [-0.15, -0.1) is 0 Å². The Morgan fingerprint density at radius 1 is 1.57 bits per heavy atom. The Kier molecular flexibility index (Phi) is 3.08. The lowest BCUT2D eigenvalue weighted by Crippen LogP contribution is -2.05. The molecule has 2 N–H and O–H groups in total. The van der Waals surface area contributed by atoms with Gasteiger partial charge in [0.15, 0.2) is 0 Å². The van der Waals surface area contributed by atoms with E-state index in [0.717, 1.165) is 0 Å². The van der Waals surface area contributed by atoms with Gasteiger partial charge in [0.05, 0.1) is 23.8 Å². The summed E-state index contributed by atoms with van der Waals surface area (Å²) in [6, 6.07) is 6.36. The fourth-order valence-corrected chi connectivity index (χ4v) is 1.05. The Balaban J connectivity index is 3.04. The molecule has 4 nitrogen and oxygen atoms in total. The molecule has 72 valence electrons. The Labute approximate surface area is 81.9 Å². The Morgan fingerprint density at radius 2 is 2.29 bits per heavy atom. The molecule has 1 rings (SSSR count). The largest absolute Gasteiger partial charge is 0.462 e. The van der Waals surface area contributed by atoms with Crippen LogP contribution in [0.1, 0.15) is 22.8 Å². The number of nitrogen functional groups attached to an aromatic ring is 1. The van der Waals surface area contributed by atoms with Crippen LogP contribution in [0.15, 0.2) is 18.2 Å². The third-order valence-electron chi connectivity index (χ3n) is 1.60. The summed E-state index contributed by atoms with van der Waals surface area (Å²) in [4.78, 5) is 11.3. The van der Waals surface area contributed by atoms with Crippen LogP contribution in [0.5, 0.6) is 0 Å². The van der Waals surface area contributed by atoms with Crippen LogP contribution in [0, 0.1) is 11.3 Å². The van der Waals surface area contributed by atoms with Crippen LogP contribution in [0.2, 0.25) is 0 Å². The Bertz CT molecular complexity index is 394. The molecule has 0 bridgehead atoms. The molecule has 0 radical (unpaired) electrons. The molecule has 0 saturated heterocycles. The summed E-state index contributed by atoms with van der Waals surface area (Å²) in [6.45, 7) is 2.02. The molecule has 0 aromatic heterocycles. The molecule has 0 heterocycles. The van der Waals surface area contributed by atoms with E-state index in [1.54, 1.807) is 6.92 Å². The molecular weight excluding hydrogens is 180 g/mol. The van der Waals surface area contributed by atoms with Crippen LogP contribution in [0.25, 0.3) is 0 Å². The van der Waals surface area contributed by atoms with Crippen LogP contribution in [0.3, 0.4) is 0 Å². The van der Waals surface area contributed by atoms with E-state index in [9.17, 15) is 4.79 Å². The van der Waals surface area contributed by atoms with E-state index in [1.165, 1.54) is 18.2 Å². The van der Waals surface area contributed by atoms with Gasteiger partial charge in [0.25, 0.3) is 0 Å². The number of rotatable bonds is 2. The smallest absolute Gasteiger partial charge is 0.338 e. The molecule has 0 amide bonds. The van der Waals surface area contributed by atoms with E-state index in [0.29, 0.717) is 23.4 Å². The third-order valence-corrected chi connectivity index (χ3v) is 1.60. The van der Waals surface area contributed by atoms with Crippen LogP contribution in [-0.4, -0.2) is 12.6 Å². The molecule has 0 saturated carbocycles. The number of nitrogens with zero attached hydrogens (tertiary/aromatic N) is 1. The van der Waals surface area contributed by atoms with Crippen LogP contribution < -0.4 is 5.73 Å². The fraction of sp³-hybridized carbons (Fsp3) is 0.200. The predicted molar refractivity (Wildman–Crippen MR) is 51.5 cm³/mol. The maximum Gasteiger partial charge on any atom is 0.338 e. The van der Waals surface area contributed by atoms with Gasteiger partial charge >= 0.3 is 5.97 Å². The second-order valence-electron chi connectivity index (χ2n) is 2.68. The van der Waals surface area contributed by atoms with Gasteiger partial charge in [0, 0.05) is 5.69 Å². The van der Waals surface area contributed by atoms with E-state index in [2.05, 4.69) is 0 Å². The van der Waals surface area contributed by atoms with Gasteiger partial charge in [0.2, 0.25) is 0 Å². The van der Waals surface area contributed by atoms with Gasteiger partial charge in [-0.05, 0) is 25.1 Å². The number of carbonyl (C=O) groups excluding carboxylic acids is 1. The zero-order valence-electron chi connectivity index (χ0n) is 7.78. The number of ether oxygens (including phenoxy) is 1. The van der Waals surface area contributed by atoms with Crippen molar-refractivity contribution in [2.75, 3.05) is 12.3 Å². The second kappa shape index (κ2) is 4.28. The quantitative estimate of drug-likeness (QED) is 0.563. The summed E-state index contributed by atoms with van der Waals surface area (Å²) in [6.07, 6.45) is 0. The molecule has 0 fully saturated rings. The molecule has 14 heavy (non-hydrogen) atoms. The van der Waals surface area contributed by atoms with Crippen molar-refractivity contribution in [2.24, 2.45) is 0 Å². The van der Waals surface area contributed by atoms with E-state index >= 15 is 0 Å². The number of benzene rings is 1. The lowest BCUT2D eigenvalue weighted by molar-refractivity contribution is 0.0526. The molecule has 0 unspecified atom stereocenters. The van der Waals surface area contributed by atoms with Crippen molar-refractivity contribution in [1.82, 2.24) is 0 Å². The molecule has 0 aliphatic heterocycles. The first-order chi connectivity index (χ1) is 6.67. The van der Waals surface area contributed by atoms with Crippen molar-refractivity contribution < 1.29 is 9.53 Å². The lowest BCUT2D eigenvalue weighted by atomic mass is 10.1. The molecule has 0 aliphatic rings. The van der Waals surface area contributed by atoms with Crippen molar-refractivity contribution in [3.05, 3.63) is 29.3 Å². The topological polar surface area (TPSA) is 76.1 Å². The zero-order chi connectivity index (χ0) is 10.6. The standard InChI is InChI=1S/C10H10N2O2/c1-2-14-10(13)8-3-7(6-11)4-9(12)5-8/h3-5H,2,12H2,1H3. The van der Waals surface area contributed by atoms with E-state index in [4.69, 9.17) is 15.7 Å². The van der Waals surface area contributed by atoms with Crippen LogP contribution in [0.4, 0.5) is 5.69 Å². The average molecular weight is 190 g/mol. The number of anilines is 1. The lowest BCUT2D eigenvalue weighted by Gasteiger charge is -2.02. The second-order valence-corrected chi connectivity index (χ2v) is 2.68. The fourth-order valence-electron chi connectivity index (χ4n) is 1.05. The summed E-state index contributed by atoms with van der Waals surface area (Å²) in [7, 11) is 0. The molecule has 4 heteroatoms. The molecule has 0 atom stereocenters. The highest BCUT2D eigenvalue weighted by atomic mass is 16.5. The van der Waals surface area contributed by atoms with Crippen molar-refractivity contribution in [1.29, 1.82) is 5.26 Å². The zero-order valence-corrected chi connectivity index (χ0v) is 7.78. The minimum Gasteiger partial charge on any atom is -0.462 e. The van der Waals surface area contributed by atoms with Gasteiger partial charge < -0.3 is 10.5 Å². The first kappa shape index (κ1) is 10.1. The minimum absolute atomic E-state index is 0.301. The Morgan fingerprint density at radius 3 is 2.86 bits per heavy atom. The summed E-state index contributed by atoms with van der Waals surface area (Å²) in [5.74, 6) is -0.462. The molecule has 0 spiro atoms. The number of hydrogen-bond donors (Lipinski definition) is 1. The maximum atomic E-state index is 11.3. The highest BCUT2D eigenvalue weighted by Gasteiger charge is 2.08. The minimum atomic E-state index is -0.462. The number of esters is 1. The molecule has 1 aromatic rings. The van der Waals surface area contributed by atoms with Crippen LogP contribution >= 0.6 is 0 Å². The van der Waals surface area contributed by atoms with Crippen molar-refractivity contribution >= 4 is 11.7 Å². The SMILES string of the molecule is CCOC(=O)c1cc(N)cc(C#N)c1. The first-order valence-electron chi connectivity index (χ1n) is 4.15. The van der Waals surface area contributed by atoms with E-state index in [1.807, 2.05) is 6.07 Å². The molecule has 0 aliphatic carbocycles. The van der Waals surface area contributed by atoms with Crippen molar-refractivity contribution in [2.45, 2.75) is 6.92 Å². The summed E-state index contributed by atoms with van der Waals surface area (Å²) < 4.78 is 4.78. The van der Waals surface area contributed by atoms with Crippen LogP contribution in [-0.2, 0) is 4.74 Å². The first-order valence-corrected chi connectivity index (χ1v) is 4.15. The monoisotopic (exact) mass is 190 g/mol. The van der Waals surface area contributed by atoms with Gasteiger partial charge in [-0.2, -0.15) is 5.26 Å². The number of nitriles is 1. The number of nitrogens with two attached hydrogens (primary N) is 1. The van der Waals surface area contributed by atoms with E-state index in [-0.39, 0.29) is 0 Å². The van der Waals surface area contributed by atoms with Gasteiger partial charge in [-0.25, -0.2) is 4.79 Å². The summed E-state index contributed by atoms with van der Waals surface area (Å²) >= 11 is 0. The maximum absolute atomic E-state index is 11.3. The predicted octanol–water partition coefficient (Wildman–Crippen LogP) is 1.32.